The Bertz CT molecular complexity index is 806. The number of hydrogen-bond acceptors (Lipinski definition) is 3. The van der Waals surface area contributed by atoms with Crippen LogP contribution in [0.4, 0.5) is 0 Å². The summed E-state index contributed by atoms with van der Waals surface area (Å²) >= 11 is 0. The Kier molecular flexibility index (Phi) is 6.73. The van der Waals surface area contributed by atoms with E-state index >= 15 is 0 Å². The first-order valence-electron chi connectivity index (χ1n) is 12.5. The fourth-order valence-corrected chi connectivity index (χ4v) is 5.96. The molecule has 3 nitrogen and oxygen atoms in total. The molecule has 0 radical (unpaired) electrons. The highest BCUT2D eigenvalue weighted by Gasteiger charge is 2.33. The maximum absolute atomic E-state index is 2.66. The molecular formula is C28H39N3. The summed E-state index contributed by atoms with van der Waals surface area (Å²) in [4.78, 5) is 7.88. The van der Waals surface area contributed by atoms with Crippen LogP contribution in [0.3, 0.4) is 0 Å². The minimum absolute atomic E-state index is 0.729. The number of likely N-dealkylation sites (N-methyl/N-ethyl adjacent to an activating group) is 1. The molecule has 31 heavy (non-hydrogen) atoms. The monoisotopic (exact) mass is 417 g/mol. The standard InChI is InChI=1S/C28H39N3/c1-29(28-13-16-31(22-28)21-23-7-3-2-4-8-23)19-25-17-27(18-25)26-11-9-24(10-12-26)20-30-14-5-6-15-30/h2-4,7-12,25,27-28H,5-6,13-22H2,1H3/t25?,27?,28-/m0/s1. The number of rotatable bonds is 8. The van der Waals surface area contributed by atoms with Gasteiger partial charge >= 0.3 is 0 Å². The van der Waals surface area contributed by atoms with Gasteiger partial charge in [-0.15, -0.1) is 0 Å². The van der Waals surface area contributed by atoms with Crippen LogP contribution in [0.5, 0.6) is 0 Å². The maximum Gasteiger partial charge on any atom is 0.0234 e. The Balaban J connectivity index is 1.04. The third-order valence-electron chi connectivity index (χ3n) is 7.96. The molecule has 1 aliphatic carbocycles. The van der Waals surface area contributed by atoms with Crippen LogP contribution < -0.4 is 0 Å². The average Bonchev–Trinajstić information content (AvgIpc) is 3.44. The lowest BCUT2D eigenvalue weighted by atomic mass is 9.71. The van der Waals surface area contributed by atoms with Crippen molar-refractivity contribution in [2.24, 2.45) is 5.92 Å². The summed E-state index contributed by atoms with van der Waals surface area (Å²) in [6.45, 7) is 8.54. The van der Waals surface area contributed by atoms with Crippen LogP contribution in [0.2, 0.25) is 0 Å². The SMILES string of the molecule is CN(CC1CC(c2ccc(CN3CCCC3)cc2)C1)[C@H]1CCN(Cc2ccccc2)C1. The molecule has 2 saturated heterocycles. The van der Waals surface area contributed by atoms with E-state index in [4.69, 9.17) is 0 Å². The van der Waals surface area contributed by atoms with Gasteiger partial charge in [-0.3, -0.25) is 9.80 Å². The Labute approximate surface area is 189 Å². The van der Waals surface area contributed by atoms with E-state index < -0.39 is 0 Å². The minimum atomic E-state index is 0.729. The molecule has 3 heteroatoms. The molecule has 2 aromatic rings. The number of benzene rings is 2. The molecule has 2 aromatic carbocycles. The van der Waals surface area contributed by atoms with Crippen molar-refractivity contribution < 1.29 is 0 Å². The van der Waals surface area contributed by atoms with Crippen LogP contribution in [0.1, 0.15) is 54.7 Å². The molecular weight excluding hydrogens is 378 g/mol. The summed E-state index contributed by atoms with van der Waals surface area (Å²) in [5.74, 6) is 1.67. The van der Waals surface area contributed by atoms with Crippen molar-refractivity contribution in [3.05, 3.63) is 71.3 Å². The summed E-state index contributed by atoms with van der Waals surface area (Å²) < 4.78 is 0. The lowest BCUT2D eigenvalue weighted by molar-refractivity contribution is 0.144. The molecule has 166 valence electrons. The molecule has 3 aliphatic rings. The van der Waals surface area contributed by atoms with Crippen molar-refractivity contribution in [1.29, 1.82) is 0 Å². The fraction of sp³-hybridized carbons (Fsp3) is 0.571. The zero-order valence-corrected chi connectivity index (χ0v) is 19.3. The van der Waals surface area contributed by atoms with Gasteiger partial charge in [0.25, 0.3) is 0 Å². The number of likely N-dealkylation sites (tertiary alicyclic amines) is 2. The average molecular weight is 418 g/mol. The second-order valence-electron chi connectivity index (χ2n) is 10.4. The lowest BCUT2D eigenvalue weighted by Gasteiger charge is -2.39. The van der Waals surface area contributed by atoms with Crippen LogP contribution in [0.25, 0.3) is 0 Å². The van der Waals surface area contributed by atoms with Gasteiger partial charge in [0.1, 0.15) is 0 Å². The second kappa shape index (κ2) is 9.85. The van der Waals surface area contributed by atoms with Gasteiger partial charge in [0.2, 0.25) is 0 Å². The first kappa shape index (κ1) is 21.2. The van der Waals surface area contributed by atoms with Gasteiger partial charge in [-0.05, 0) is 80.8 Å². The zero-order chi connectivity index (χ0) is 21.0. The van der Waals surface area contributed by atoms with Crippen LogP contribution in [0, 0.1) is 5.92 Å². The Morgan fingerprint density at radius 3 is 2.23 bits per heavy atom. The first-order valence-corrected chi connectivity index (χ1v) is 12.5. The quantitative estimate of drug-likeness (QED) is 0.600. The van der Waals surface area contributed by atoms with Crippen molar-refractivity contribution in [1.82, 2.24) is 14.7 Å². The molecule has 5 rings (SSSR count). The predicted molar refractivity (Wildman–Crippen MR) is 129 cm³/mol. The molecule has 0 N–H and O–H groups in total. The molecule has 2 heterocycles. The fourth-order valence-electron chi connectivity index (χ4n) is 5.96. The summed E-state index contributed by atoms with van der Waals surface area (Å²) in [6, 6.07) is 21.2. The van der Waals surface area contributed by atoms with Crippen LogP contribution in [-0.4, -0.2) is 60.5 Å². The molecule has 1 saturated carbocycles. The van der Waals surface area contributed by atoms with Crippen molar-refractivity contribution in [2.75, 3.05) is 39.8 Å². The summed E-state index contributed by atoms with van der Waals surface area (Å²) in [6.07, 6.45) is 6.81. The van der Waals surface area contributed by atoms with Crippen LogP contribution in [-0.2, 0) is 13.1 Å². The van der Waals surface area contributed by atoms with Crippen molar-refractivity contribution >= 4 is 0 Å². The largest absolute Gasteiger partial charge is 0.302 e. The highest BCUT2D eigenvalue weighted by molar-refractivity contribution is 5.27. The van der Waals surface area contributed by atoms with Gasteiger partial charge in [-0.2, -0.15) is 0 Å². The Morgan fingerprint density at radius 1 is 0.806 bits per heavy atom. The third-order valence-corrected chi connectivity index (χ3v) is 7.96. The van der Waals surface area contributed by atoms with E-state index in [1.54, 1.807) is 5.56 Å². The first-order chi connectivity index (χ1) is 15.2. The topological polar surface area (TPSA) is 9.72 Å². The van der Waals surface area contributed by atoms with Gasteiger partial charge in [0, 0.05) is 38.8 Å². The highest BCUT2D eigenvalue weighted by atomic mass is 15.2. The zero-order valence-electron chi connectivity index (χ0n) is 19.3. The van der Waals surface area contributed by atoms with Gasteiger partial charge in [-0.1, -0.05) is 54.6 Å². The molecule has 0 amide bonds. The Morgan fingerprint density at radius 2 is 1.48 bits per heavy atom. The molecule has 0 aromatic heterocycles. The number of hydrogen-bond donors (Lipinski definition) is 0. The van der Waals surface area contributed by atoms with Crippen molar-refractivity contribution in [3.8, 4) is 0 Å². The molecule has 3 fully saturated rings. The molecule has 0 bridgehead atoms. The molecule has 0 spiro atoms. The maximum atomic E-state index is 2.66. The van der Waals surface area contributed by atoms with Gasteiger partial charge in [0.05, 0.1) is 0 Å². The van der Waals surface area contributed by atoms with E-state index in [1.165, 1.54) is 76.0 Å². The molecule has 0 unspecified atom stereocenters. The van der Waals surface area contributed by atoms with Crippen LogP contribution >= 0.6 is 0 Å². The van der Waals surface area contributed by atoms with Gasteiger partial charge in [-0.25, -0.2) is 0 Å². The predicted octanol–water partition coefficient (Wildman–Crippen LogP) is 4.98. The number of nitrogens with zero attached hydrogens (tertiary/aromatic N) is 3. The van der Waals surface area contributed by atoms with E-state index in [9.17, 15) is 0 Å². The smallest absolute Gasteiger partial charge is 0.0234 e. The van der Waals surface area contributed by atoms with E-state index in [0.717, 1.165) is 31.0 Å². The summed E-state index contributed by atoms with van der Waals surface area (Å²) in [7, 11) is 2.36. The van der Waals surface area contributed by atoms with Crippen molar-refractivity contribution in [3.63, 3.8) is 0 Å². The van der Waals surface area contributed by atoms with Crippen molar-refractivity contribution in [2.45, 2.75) is 57.2 Å². The van der Waals surface area contributed by atoms with Crippen LogP contribution in [0.15, 0.2) is 54.6 Å². The highest BCUT2D eigenvalue weighted by Crippen LogP contribution is 2.42. The van der Waals surface area contributed by atoms with E-state index in [0.29, 0.717) is 0 Å². The normalized spacial score (nSPS) is 27.1. The minimum Gasteiger partial charge on any atom is -0.302 e. The van der Waals surface area contributed by atoms with E-state index in [2.05, 4.69) is 76.3 Å². The van der Waals surface area contributed by atoms with Gasteiger partial charge in [0.15, 0.2) is 0 Å². The summed E-state index contributed by atoms with van der Waals surface area (Å²) in [5.41, 5.74) is 4.50. The Hall–Kier alpha value is -1.68. The molecule has 1 atom stereocenters. The molecule has 2 aliphatic heterocycles. The van der Waals surface area contributed by atoms with Gasteiger partial charge < -0.3 is 4.90 Å². The van der Waals surface area contributed by atoms with E-state index in [-0.39, 0.29) is 0 Å². The van der Waals surface area contributed by atoms with E-state index in [1.807, 2.05) is 0 Å². The second-order valence-corrected chi connectivity index (χ2v) is 10.4. The third kappa shape index (κ3) is 5.39. The lowest BCUT2D eigenvalue weighted by Crippen LogP contribution is -2.40. The summed E-state index contributed by atoms with van der Waals surface area (Å²) in [5, 5.41) is 0.